The number of benzene rings is 1. The third kappa shape index (κ3) is 4.87. The van der Waals surface area contributed by atoms with Crippen LogP contribution < -0.4 is 21.5 Å². The number of rotatable bonds is 5. The summed E-state index contributed by atoms with van der Waals surface area (Å²) in [6.07, 6.45) is 0. The molecule has 0 fully saturated rings. The molecule has 6 heteroatoms. The predicted molar refractivity (Wildman–Crippen MR) is 66.9 cm³/mol. The molecule has 0 radical (unpaired) electrons. The van der Waals surface area contributed by atoms with Gasteiger partial charge in [0, 0.05) is 5.69 Å². The highest BCUT2D eigenvalue weighted by molar-refractivity contribution is 5.93. The van der Waals surface area contributed by atoms with Gasteiger partial charge in [0.25, 0.3) is 0 Å². The van der Waals surface area contributed by atoms with Gasteiger partial charge in [-0.2, -0.15) is 0 Å². The van der Waals surface area contributed by atoms with Crippen molar-refractivity contribution in [1.29, 1.82) is 0 Å². The number of amides is 1. The van der Waals surface area contributed by atoms with Gasteiger partial charge in [0.2, 0.25) is 5.91 Å². The van der Waals surface area contributed by atoms with E-state index in [9.17, 15) is 4.79 Å². The van der Waals surface area contributed by atoms with Crippen molar-refractivity contribution in [3.8, 4) is 5.75 Å². The largest absolute Gasteiger partial charge is 0.494 e. The smallest absolute Gasteiger partial charge is 0.246 e. The molecule has 0 aromatic heterocycles. The minimum absolute atomic E-state index is 0.0878. The van der Waals surface area contributed by atoms with E-state index in [0.717, 1.165) is 5.75 Å². The number of carbonyl (C=O) groups is 1. The standard InChI is InChI=1S/C11H16N4O2/c1-2-17-9-5-3-8(4-6-9)15-10(16)7-14-11(12)13/h3-6H,2,7H2,1H3,(H,15,16)(H4,12,13,14). The highest BCUT2D eigenvalue weighted by atomic mass is 16.5. The fourth-order valence-electron chi connectivity index (χ4n) is 1.16. The zero-order valence-corrected chi connectivity index (χ0v) is 9.64. The third-order valence-electron chi connectivity index (χ3n) is 1.85. The maximum atomic E-state index is 11.4. The van der Waals surface area contributed by atoms with Crippen LogP contribution in [0.1, 0.15) is 6.92 Å². The SMILES string of the molecule is CCOc1ccc(NC(=O)CN=C(N)N)cc1. The number of ether oxygens (including phenoxy) is 1. The normalized spacial score (nSPS) is 9.47. The summed E-state index contributed by atoms with van der Waals surface area (Å²) < 4.78 is 5.28. The average Bonchev–Trinajstić information content (AvgIpc) is 2.29. The molecule has 0 saturated carbocycles. The van der Waals surface area contributed by atoms with Crippen LogP contribution in [0, 0.1) is 0 Å². The number of carbonyl (C=O) groups excluding carboxylic acids is 1. The molecule has 6 nitrogen and oxygen atoms in total. The second-order valence-corrected chi connectivity index (χ2v) is 3.25. The highest BCUT2D eigenvalue weighted by Gasteiger charge is 2.01. The number of hydrogen-bond acceptors (Lipinski definition) is 3. The zero-order chi connectivity index (χ0) is 12.7. The molecular formula is C11H16N4O2. The molecule has 0 aliphatic heterocycles. The lowest BCUT2D eigenvalue weighted by Crippen LogP contribution is -2.25. The number of nitrogens with zero attached hydrogens (tertiary/aromatic N) is 1. The Kier molecular flexibility index (Phi) is 4.80. The van der Waals surface area contributed by atoms with Crippen LogP contribution >= 0.6 is 0 Å². The number of nitrogens with two attached hydrogens (primary N) is 2. The van der Waals surface area contributed by atoms with Gasteiger partial charge in [0.15, 0.2) is 5.96 Å². The first-order valence-electron chi connectivity index (χ1n) is 5.20. The van der Waals surface area contributed by atoms with Gasteiger partial charge >= 0.3 is 0 Å². The zero-order valence-electron chi connectivity index (χ0n) is 9.64. The van der Waals surface area contributed by atoms with Crippen molar-refractivity contribution >= 4 is 17.6 Å². The van der Waals surface area contributed by atoms with Crippen LogP contribution in [0.3, 0.4) is 0 Å². The molecule has 0 atom stereocenters. The Morgan fingerprint density at radius 3 is 2.53 bits per heavy atom. The Bertz CT molecular complexity index is 396. The molecule has 0 aliphatic carbocycles. The van der Waals surface area contributed by atoms with E-state index in [-0.39, 0.29) is 18.4 Å². The first kappa shape index (κ1) is 12.8. The van der Waals surface area contributed by atoms with Crippen molar-refractivity contribution in [2.45, 2.75) is 6.92 Å². The summed E-state index contributed by atoms with van der Waals surface area (Å²) in [6, 6.07) is 7.05. The summed E-state index contributed by atoms with van der Waals surface area (Å²) in [5.41, 5.74) is 10.9. The minimum Gasteiger partial charge on any atom is -0.494 e. The number of nitrogens with one attached hydrogen (secondary N) is 1. The first-order valence-corrected chi connectivity index (χ1v) is 5.20. The van der Waals surface area contributed by atoms with Crippen LogP contribution in [0.2, 0.25) is 0 Å². The summed E-state index contributed by atoms with van der Waals surface area (Å²) in [6.45, 7) is 2.43. The van der Waals surface area contributed by atoms with Crippen LogP contribution in [-0.4, -0.2) is 25.0 Å². The predicted octanol–water partition coefficient (Wildman–Crippen LogP) is 0.297. The molecule has 1 rings (SSSR count). The van der Waals surface area contributed by atoms with Gasteiger partial charge in [-0.3, -0.25) is 4.79 Å². The van der Waals surface area contributed by atoms with Crippen molar-refractivity contribution in [2.24, 2.45) is 16.5 Å². The van der Waals surface area contributed by atoms with Gasteiger partial charge in [-0.1, -0.05) is 0 Å². The second kappa shape index (κ2) is 6.37. The third-order valence-corrected chi connectivity index (χ3v) is 1.85. The van der Waals surface area contributed by atoms with Crippen molar-refractivity contribution in [1.82, 2.24) is 0 Å². The summed E-state index contributed by atoms with van der Waals surface area (Å²) in [5.74, 6) is 0.379. The van der Waals surface area contributed by atoms with Gasteiger partial charge in [-0.15, -0.1) is 0 Å². The fourth-order valence-corrected chi connectivity index (χ4v) is 1.16. The van der Waals surface area contributed by atoms with Gasteiger partial charge in [0.05, 0.1) is 6.61 Å². The quantitative estimate of drug-likeness (QED) is 0.505. The van der Waals surface area contributed by atoms with Crippen molar-refractivity contribution in [2.75, 3.05) is 18.5 Å². The van der Waals surface area contributed by atoms with E-state index in [0.29, 0.717) is 12.3 Å². The van der Waals surface area contributed by atoms with Gasteiger partial charge in [0.1, 0.15) is 12.3 Å². The van der Waals surface area contributed by atoms with E-state index in [2.05, 4.69) is 10.3 Å². The van der Waals surface area contributed by atoms with E-state index in [4.69, 9.17) is 16.2 Å². The van der Waals surface area contributed by atoms with E-state index in [1.807, 2.05) is 6.92 Å². The molecule has 92 valence electrons. The summed E-state index contributed by atoms with van der Waals surface area (Å²) in [4.78, 5) is 15.0. The Labute approximate surface area is 99.7 Å². The Morgan fingerprint density at radius 2 is 2.00 bits per heavy atom. The van der Waals surface area contributed by atoms with Crippen molar-refractivity contribution in [3.05, 3.63) is 24.3 Å². The molecule has 0 bridgehead atoms. The molecule has 0 saturated heterocycles. The lowest BCUT2D eigenvalue weighted by molar-refractivity contribution is -0.114. The fraction of sp³-hybridized carbons (Fsp3) is 0.273. The molecule has 0 aliphatic rings. The average molecular weight is 236 g/mol. The number of aliphatic imine (C=N–C) groups is 1. The molecule has 17 heavy (non-hydrogen) atoms. The van der Waals surface area contributed by atoms with E-state index >= 15 is 0 Å². The van der Waals surface area contributed by atoms with Crippen LogP contribution in [0.15, 0.2) is 29.3 Å². The molecule has 1 aromatic carbocycles. The maximum absolute atomic E-state index is 11.4. The monoisotopic (exact) mass is 236 g/mol. The van der Waals surface area contributed by atoms with Crippen molar-refractivity contribution < 1.29 is 9.53 Å². The molecule has 0 spiro atoms. The second-order valence-electron chi connectivity index (χ2n) is 3.25. The molecule has 5 N–H and O–H groups in total. The molecule has 1 amide bonds. The summed E-state index contributed by atoms with van der Waals surface area (Å²) in [5, 5.41) is 2.65. The molecule has 0 unspecified atom stereocenters. The summed E-state index contributed by atoms with van der Waals surface area (Å²) >= 11 is 0. The van der Waals surface area contributed by atoms with E-state index in [1.165, 1.54) is 0 Å². The first-order chi connectivity index (χ1) is 8.11. The van der Waals surface area contributed by atoms with Gasteiger partial charge in [-0.25, -0.2) is 4.99 Å². The molecule has 1 aromatic rings. The van der Waals surface area contributed by atoms with E-state index < -0.39 is 0 Å². The number of guanidine groups is 1. The Morgan fingerprint density at radius 1 is 1.35 bits per heavy atom. The van der Waals surface area contributed by atoms with Gasteiger partial charge in [-0.05, 0) is 31.2 Å². The molecule has 0 heterocycles. The van der Waals surface area contributed by atoms with Crippen LogP contribution in [0.25, 0.3) is 0 Å². The Hall–Kier alpha value is -2.24. The number of hydrogen-bond donors (Lipinski definition) is 3. The Balaban J connectivity index is 2.51. The van der Waals surface area contributed by atoms with Gasteiger partial charge < -0.3 is 21.5 Å². The lowest BCUT2D eigenvalue weighted by Gasteiger charge is -2.06. The van der Waals surface area contributed by atoms with Crippen LogP contribution in [0.5, 0.6) is 5.75 Å². The van der Waals surface area contributed by atoms with Crippen LogP contribution in [-0.2, 0) is 4.79 Å². The lowest BCUT2D eigenvalue weighted by atomic mass is 10.3. The summed E-state index contributed by atoms with van der Waals surface area (Å²) in [7, 11) is 0. The topological polar surface area (TPSA) is 103 Å². The van der Waals surface area contributed by atoms with Crippen LogP contribution in [0.4, 0.5) is 5.69 Å². The van der Waals surface area contributed by atoms with Crippen molar-refractivity contribution in [3.63, 3.8) is 0 Å². The van der Waals surface area contributed by atoms with E-state index in [1.54, 1.807) is 24.3 Å². The molecular weight excluding hydrogens is 220 g/mol. The number of anilines is 1. The maximum Gasteiger partial charge on any atom is 0.246 e. The minimum atomic E-state index is -0.275. The highest BCUT2D eigenvalue weighted by Crippen LogP contribution is 2.15.